The fourth-order valence-electron chi connectivity index (χ4n) is 7.71. The topological polar surface area (TPSA) is 40.1 Å². The van der Waals surface area contributed by atoms with Crippen molar-refractivity contribution in [2.24, 2.45) is 0 Å². The molecule has 0 aromatic heterocycles. The Balaban J connectivity index is 4.47. The van der Waals surface area contributed by atoms with Crippen LogP contribution in [0.5, 0.6) is 0 Å². The summed E-state index contributed by atoms with van der Waals surface area (Å²) in [5, 5.41) is 12.1. The molecule has 0 fully saturated rings. The van der Waals surface area contributed by atoms with Gasteiger partial charge in [0.2, 0.25) is 0 Å². The van der Waals surface area contributed by atoms with E-state index in [-0.39, 0.29) is 0 Å². The maximum atomic E-state index is 12.1. The lowest BCUT2D eigenvalue weighted by molar-refractivity contribution is -0.301. The number of unbranched alkanes of at least 4 members (excludes halogenated alkanes) is 33. The number of carbonyl (C=O) groups is 1. The van der Waals surface area contributed by atoms with Crippen LogP contribution >= 0.6 is 7.26 Å². The molecule has 0 saturated carbocycles. The van der Waals surface area contributed by atoms with Gasteiger partial charge < -0.3 is 9.90 Å². The maximum Gasteiger partial charge on any atom is 0.0986 e. The van der Waals surface area contributed by atoms with E-state index < -0.39 is 13.2 Å². The Bertz CT molecular complexity index is 536. The van der Waals surface area contributed by atoms with Gasteiger partial charge in [-0.15, -0.1) is 0 Å². The molecule has 0 aromatic rings. The van der Waals surface area contributed by atoms with Crippen LogP contribution in [0.1, 0.15) is 252 Å². The summed E-state index contributed by atoms with van der Waals surface area (Å²) in [7, 11) is -1.45. The highest BCUT2D eigenvalue weighted by Gasteiger charge is 2.35. The zero-order chi connectivity index (χ0) is 34.4. The molecule has 0 rings (SSSR count). The summed E-state index contributed by atoms with van der Waals surface area (Å²) in [5.74, 6) is -0.754. The average Bonchev–Trinajstić information content (AvgIpc) is 3.06. The van der Waals surface area contributed by atoms with Gasteiger partial charge in [0, 0.05) is 7.26 Å². The van der Waals surface area contributed by atoms with E-state index in [0.29, 0.717) is 6.16 Å². The third kappa shape index (κ3) is 35.5. The average molecular weight is 681 g/mol. The van der Waals surface area contributed by atoms with Crippen molar-refractivity contribution in [2.75, 3.05) is 24.6 Å². The second kappa shape index (κ2) is 38.7. The van der Waals surface area contributed by atoms with Crippen LogP contribution < -0.4 is 5.11 Å². The van der Waals surface area contributed by atoms with Crippen LogP contribution in [0.2, 0.25) is 0 Å². The largest absolute Gasteiger partial charge is 0.546 e. The Kier molecular flexibility index (Phi) is 38.6. The van der Waals surface area contributed by atoms with E-state index in [2.05, 4.69) is 20.8 Å². The van der Waals surface area contributed by atoms with Crippen LogP contribution in [0.25, 0.3) is 0 Å². The highest BCUT2D eigenvalue weighted by atomic mass is 31.2. The van der Waals surface area contributed by atoms with E-state index in [0.717, 1.165) is 0 Å². The van der Waals surface area contributed by atoms with E-state index in [1.807, 2.05) is 0 Å². The lowest BCUT2D eigenvalue weighted by Gasteiger charge is -2.28. The summed E-state index contributed by atoms with van der Waals surface area (Å²) in [6.07, 6.45) is 53.6. The Hall–Kier alpha value is -0.100. The van der Waals surface area contributed by atoms with Crippen molar-refractivity contribution in [2.45, 2.75) is 252 Å². The van der Waals surface area contributed by atoms with Gasteiger partial charge in [0.05, 0.1) is 30.6 Å². The number of carboxylic acid groups (broad SMARTS) is 1. The van der Waals surface area contributed by atoms with Crippen LogP contribution in [0.3, 0.4) is 0 Å². The molecule has 0 bridgehead atoms. The highest BCUT2D eigenvalue weighted by molar-refractivity contribution is 7.76. The summed E-state index contributed by atoms with van der Waals surface area (Å²) < 4.78 is 0. The number of hydrogen-bond acceptors (Lipinski definition) is 2. The van der Waals surface area contributed by atoms with Crippen molar-refractivity contribution in [3.63, 3.8) is 0 Å². The first-order chi connectivity index (χ1) is 23.1. The molecule has 0 atom stereocenters. The Morgan fingerprint density at radius 3 is 0.660 bits per heavy atom. The first-order valence-corrected chi connectivity index (χ1v) is 24.7. The quantitative estimate of drug-likeness (QED) is 0.0476. The number of hydrogen-bond donors (Lipinski definition) is 0. The summed E-state index contributed by atoms with van der Waals surface area (Å²) in [6.45, 7) is 6.88. The predicted octanol–water partition coefficient (Wildman–Crippen LogP) is 14.9. The minimum absolute atomic E-state index is 0.404. The van der Waals surface area contributed by atoms with E-state index in [1.165, 1.54) is 250 Å². The summed E-state index contributed by atoms with van der Waals surface area (Å²) in [5.41, 5.74) is 0. The monoisotopic (exact) mass is 681 g/mol. The van der Waals surface area contributed by atoms with Crippen LogP contribution in [-0.2, 0) is 4.79 Å². The van der Waals surface area contributed by atoms with Crippen LogP contribution in [0, 0.1) is 0 Å². The molecule has 0 amide bonds. The van der Waals surface area contributed by atoms with Crippen molar-refractivity contribution >= 4 is 13.2 Å². The van der Waals surface area contributed by atoms with Crippen molar-refractivity contribution in [1.82, 2.24) is 0 Å². The molecule has 0 heterocycles. The lowest BCUT2D eigenvalue weighted by Crippen LogP contribution is -2.30. The van der Waals surface area contributed by atoms with Crippen molar-refractivity contribution in [3.05, 3.63) is 0 Å². The third-order valence-corrected chi connectivity index (χ3v) is 15.6. The molecule has 0 aliphatic carbocycles. The molecule has 0 radical (unpaired) electrons. The lowest BCUT2D eigenvalue weighted by atomic mass is 10.1. The Morgan fingerprint density at radius 2 is 0.489 bits per heavy atom. The van der Waals surface area contributed by atoms with Gasteiger partial charge in [0.15, 0.2) is 0 Å². The van der Waals surface area contributed by atoms with Gasteiger partial charge in [0.25, 0.3) is 0 Å². The van der Waals surface area contributed by atoms with Crippen LogP contribution in [0.4, 0.5) is 0 Å². The molecule has 47 heavy (non-hydrogen) atoms. The fraction of sp³-hybridized carbons (Fsp3) is 0.977. The third-order valence-electron chi connectivity index (χ3n) is 10.9. The number of carboxylic acids is 1. The zero-order valence-corrected chi connectivity index (χ0v) is 33.9. The van der Waals surface area contributed by atoms with E-state index in [9.17, 15) is 9.90 Å². The van der Waals surface area contributed by atoms with E-state index in [4.69, 9.17) is 0 Å². The van der Waals surface area contributed by atoms with Gasteiger partial charge in [-0.3, -0.25) is 0 Å². The normalized spacial score (nSPS) is 11.9. The SMILES string of the molecule is CCCCCCCCCCCCCC[P+](CCCCCCCCCCCCCC)(CCCCCCCCCCCCCC)CC(=O)[O-]. The second-order valence-corrected chi connectivity index (χ2v) is 20.1. The molecular formula is C44H89O2P. The van der Waals surface area contributed by atoms with Gasteiger partial charge in [0.1, 0.15) is 0 Å². The molecule has 0 aliphatic heterocycles. The summed E-state index contributed by atoms with van der Waals surface area (Å²) in [6, 6.07) is 0. The van der Waals surface area contributed by atoms with E-state index in [1.54, 1.807) is 0 Å². The second-order valence-electron chi connectivity index (χ2n) is 15.7. The fourth-order valence-corrected chi connectivity index (χ4v) is 12.1. The smallest absolute Gasteiger partial charge is 0.0986 e. The Morgan fingerprint density at radius 1 is 0.319 bits per heavy atom. The van der Waals surface area contributed by atoms with Gasteiger partial charge in [-0.2, -0.15) is 0 Å². The first-order valence-electron chi connectivity index (χ1n) is 22.1. The van der Waals surface area contributed by atoms with Gasteiger partial charge >= 0.3 is 0 Å². The zero-order valence-electron chi connectivity index (χ0n) is 33.0. The summed E-state index contributed by atoms with van der Waals surface area (Å²) in [4.78, 5) is 12.1. The minimum atomic E-state index is -1.45. The number of carbonyl (C=O) groups excluding carboxylic acids is 1. The minimum Gasteiger partial charge on any atom is -0.546 e. The van der Waals surface area contributed by atoms with Crippen molar-refractivity contribution < 1.29 is 9.90 Å². The van der Waals surface area contributed by atoms with Crippen molar-refractivity contribution in [1.29, 1.82) is 0 Å². The van der Waals surface area contributed by atoms with Crippen LogP contribution in [0.15, 0.2) is 0 Å². The highest BCUT2D eigenvalue weighted by Crippen LogP contribution is 2.60. The number of aliphatic carboxylic acids is 1. The summed E-state index contributed by atoms with van der Waals surface area (Å²) >= 11 is 0. The van der Waals surface area contributed by atoms with E-state index >= 15 is 0 Å². The molecule has 0 saturated heterocycles. The predicted molar refractivity (Wildman–Crippen MR) is 215 cm³/mol. The first kappa shape index (κ1) is 46.9. The van der Waals surface area contributed by atoms with Gasteiger partial charge in [-0.05, 0) is 38.5 Å². The molecule has 0 unspecified atom stereocenters. The molecule has 2 nitrogen and oxygen atoms in total. The van der Waals surface area contributed by atoms with Gasteiger partial charge in [-0.1, -0.05) is 213 Å². The molecular weight excluding hydrogens is 591 g/mol. The molecule has 282 valence electrons. The van der Waals surface area contributed by atoms with Gasteiger partial charge in [-0.25, -0.2) is 0 Å². The molecule has 0 spiro atoms. The molecule has 0 aromatic carbocycles. The molecule has 0 N–H and O–H groups in total. The number of rotatable bonds is 41. The molecule has 3 heteroatoms. The Labute approximate surface area is 298 Å². The maximum absolute atomic E-state index is 12.1. The van der Waals surface area contributed by atoms with Crippen molar-refractivity contribution in [3.8, 4) is 0 Å². The standard InChI is InChI=1S/C44H89O2P/c1-4-7-10-13-16-19-22-25-28-31-34-37-40-47(43-44(45)46,41-38-35-32-29-26-23-20-17-14-11-8-5-2)42-39-36-33-30-27-24-21-18-15-12-9-6-3/h4-43H2,1-3H3. The van der Waals surface area contributed by atoms with Crippen LogP contribution in [-0.4, -0.2) is 30.6 Å². The molecule has 0 aliphatic rings.